The fourth-order valence-electron chi connectivity index (χ4n) is 6.87. The lowest BCUT2D eigenvalue weighted by Gasteiger charge is -2.65. The molecule has 1 saturated heterocycles. The van der Waals surface area contributed by atoms with Gasteiger partial charge in [0.1, 0.15) is 6.10 Å². The molecule has 0 spiro atoms. The molecule has 1 aliphatic heterocycles. The number of rotatable bonds is 2. The summed E-state index contributed by atoms with van der Waals surface area (Å²) >= 11 is 0. The number of esters is 1. The molecule has 0 unspecified atom stereocenters. The molecular formula is C22H30O5. The highest BCUT2D eigenvalue weighted by Crippen LogP contribution is 2.68. The topological polar surface area (TPSA) is 61.8 Å². The Morgan fingerprint density at radius 3 is 2.48 bits per heavy atom. The van der Waals surface area contributed by atoms with E-state index in [1.807, 2.05) is 6.08 Å². The van der Waals surface area contributed by atoms with Crippen LogP contribution < -0.4 is 0 Å². The smallest absolute Gasteiger partial charge is 0.306 e. The van der Waals surface area contributed by atoms with Crippen molar-refractivity contribution in [2.75, 3.05) is 14.2 Å². The zero-order chi connectivity index (χ0) is 19.7. The number of Topliss-reactive ketones (excluding diaryl/α,β-unsaturated/α-hetero) is 1. The van der Waals surface area contributed by atoms with Crippen molar-refractivity contribution in [1.29, 1.82) is 0 Å². The van der Waals surface area contributed by atoms with E-state index in [-0.39, 0.29) is 46.9 Å². The largest absolute Gasteiger partial charge is 0.501 e. The predicted molar refractivity (Wildman–Crippen MR) is 99.4 cm³/mol. The maximum absolute atomic E-state index is 13.6. The number of ketones is 1. The molecule has 0 aromatic carbocycles. The molecule has 0 bridgehead atoms. The molecule has 7 atom stereocenters. The van der Waals surface area contributed by atoms with Crippen LogP contribution in [-0.4, -0.2) is 32.1 Å². The summed E-state index contributed by atoms with van der Waals surface area (Å²) in [6.07, 6.45) is 3.57. The number of carbonyl (C=O) groups is 2. The second-order valence-electron chi connectivity index (χ2n) is 9.22. The van der Waals surface area contributed by atoms with Crippen LogP contribution in [-0.2, 0) is 23.8 Å². The van der Waals surface area contributed by atoms with Gasteiger partial charge in [-0.1, -0.05) is 20.8 Å². The van der Waals surface area contributed by atoms with E-state index in [1.165, 1.54) is 0 Å². The summed E-state index contributed by atoms with van der Waals surface area (Å²) in [4.78, 5) is 26.0. The third-order valence-corrected chi connectivity index (χ3v) is 8.38. The number of carbonyl (C=O) groups excluding carboxylic acids is 2. The molecule has 0 aromatic heterocycles. The van der Waals surface area contributed by atoms with E-state index in [2.05, 4.69) is 27.7 Å². The van der Waals surface area contributed by atoms with Crippen molar-refractivity contribution in [3.63, 3.8) is 0 Å². The SMILES string of the molecule is COC1=C[C@@H](C)[C@@H]2C[C@H]3OC(=O)C[C@H]4C(C)=C(OC)C[C@@H]([C@@]2(C)C1=O)[C@@]34C. The lowest BCUT2D eigenvalue weighted by Crippen LogP contribution is -2.66. The van der Waals surface area contributed by atoms with Gasteiger partial charge in [-0.15, -0.1) is 0 Å². The Morgan fingerprint density at radius 2 is 1.85 bits per heavy atom. The standard InChI is InChI=1S/C22H30O5/c1-11-7-16(26-6)20(24)22(4)13(11)8-18-21(3)14(9-19(23)27-18)12(2)15(25-5)10-17(21)22/h7,11,13-14,17-18H,8-10H2,1-6H3/t11-,13+,14+,17-,18-,21+,22+/m1/s1. The first-order valence-corrected chi connectivity index (χ1v) is 9.93. The number of hydrogen-bond donors (Lipinski definition) is 0. The average molecular weight is 374 g/mol. The van der Waals surface area contributed by atoms with Crippen molar-refractivity contribution >= 4 is 11.8 Å². The minimum absolute atomic E-state index is 0.0410. The number of ether oxygens (including phenoxy) is 3. The van der Waals surface area contributed by atoms with Crippen molar-refractivity contribution in [2.45, 2.75) is 53.1 Å². The maximum Gasteiger partial charge on any atom is 0.306 e. The Kier molecular flexibility index (Phi) is 4.03. The van der Waals surface area contributed by atoms with E-state index in [0.717, 1.165) is 17.8 Å². The monoisotopic (exact) mass is 374 g/mol. The lowest BCUT2D eigenvalue weighted by molar-refractivity contribution is -0.219. The fourth-order valence-corrected chi connectivity index (χ4v) is 6.87. The normalized spacial score (nSPS) is 46.1. The van der Waals surface area contributed by atoms with Crippen LogP contribution in [0.2, 0.25) is 0 Å². The Balaban J connectivity index is 1.92. The Labute approximate surface area is 161 Å². The van der Waals surface area contributed by atoms with Gasteiger partial charge < -0.3 is 14.2 Å². The Hall–Kier alpha value is -1.78. The van der Waals surface area contributed by atoms with Crippen LogP contribution in [0.15, 0.2) is 23.2 Å². The highest BCUT2D eigenvalue weighted by molar-refractivity contribution is 5.99. The quantitative estimate of drug-likeness (QED) is 0.691. The molecule has 2 fully saturated rings. The van der Waals surface area contributed by atoms with Crippen molar-refractivity contribution in [1.82, 2.24) is 0 Å². The van der Waals surface area contributed by atoms with Crippen molar-refractivity contribution in [3.05, 3.63) is 23.2 Å². The van der Waals surface area contributed by atoms with Gasteiger partial charge in [0.05, 0.1) is 26.4 Å². The molecule has 4 rings (SSSR count). The summed E-state index contributed by atoms with van der Waals surface area (Å²) in [5, 5.41) is 0. The van der Waals surface area contributed by atoms with Gasteiger partial charge in [-0.05, 0) is 42.7 Å². The molecule has 3 aliphatic carbocycles. The van der Waals surface area contributed by atoms with Gasteiger partial charge in [-0.2, -0.15) is 0 Å². The van der Waals surface area contributed by atoms with Crippen molar-refractivity contribution in [2.24, 2.45) is 34.5 Å². The van der Waals surface area contributed by atoms with Gasteiger partial charge in [-0.25, -0.2) is 0 Å². The fraction of sp³-hybridized carbons (Fsp3) is 0.727. The first-order valence-electron chi connectivity index (χ1n) is 9.93. The van der Waals surface area contributed by atoms with Crippen LogP contribution in [0.25, 0.3) is 0 Å². The summed E-state index contributed by atoms with van der Waals surface area (Å²) < 4.78 is 17.1. The van der Waals surface area contributed by atoms with E-state index < -0.39 is 5.41 Å². The highest BCUT2D eigenvalue weighted by atomic mass is 16.5. The van der Waals surface area contributed by atoms with Crippen LogP contribution in [0.3, 0.4) is 0 Å². The summed E-state index contributed by atoms with van der Waals surface area (Å²) in [6, 6.07) is 0. The summed E-state index contributed by atoms with van der Waals surface area (Å²) in [5.41, 5.74) is 0.312. The minimum atomic E-state index is -0.558. The second-order valence-corrected chi connectivity index (χ2v) is 9.22. The van der Waals surface area contributed by atoms with Crippen molar-refractivity contribution in [3.8, 4) is 0 Å². The molecule has 1 saturated carbocycles. The number of methoxy groups -OCH3 is 2. The molecule has 27 heavy (non-hydrogen) atoms. The molecule has 0 amide bonds. The highest BCUT2D eigenvalue weighted by Gasteiger charge is 2.69. The average Bonchev–Trinajstić information content (AvgIpc) is 2.63. The number of allylic oxidation sites excluding steroid dienone is 4. The molecule has 0 aromatic rings. The van der Waals surface area contributed by atoms with Crippen LogP contribution in [0.5, 0.6) is 0 Å². The van der Waals surface area contributed by atoms with E-state index in [1.54, 1.807) is 14.2 Å². The minimum Gasteiger partial charge on any atom is -0.501 e. The van der Waals surface area contributed by atoms with E-state index >= 15 is 0 Å². The second kappa shape index (κ2) is 5.86. The molecule has 0 radical (unpaired) electrons. The molecular weight excluding hydrogens is 344 g/mol. The third-order valence-electron chi connectivity index (χ3n) is 8.38. The number of fused-ring (bicyclic) bond motifs is 2. The summed E-state index contributed by atoms with van der Waals surface area (Å²) in [7, 11) is 3.26. The van der Waals surface area contributed by atoms with E-state index in [4.69, 9.17) is 14.2 Å². The van der Waals surface area contributed by atoms with Gasteiger partial charge >= 0.3 is 5.97 Å². The molecule has 4 aliphatic rings. The first-order chi connectivity index (χ1) is 12.7. The molecule has 5 heteroatoms. The van der Waals surface area contributed by atoms with Gasteiger partial charge in [-0.3, -0.25) is 9.59 Å². The van der Waals surface area contributed by atoms with Crippen molar-refractivity contribution < 1.29 is 23.8 Å². The Bertz CT molecular complexity index is 765. The van der Waals surface area contributed by atoms with Gasteiger partial charge in [0.25, 0.3) is 0 Å². The van der Waals surface area contributed by atoms with Crippen LogP contribution in [0, 0.1) is 34.5 Å². The van der Waals surface area contributed by atoms with Crippen LogP contribution in [0.1, 0.15) is 47.0 Å². The van der Waals surface area contributed by atoms with Gasteiger partial charge in [0.2, 0.25) is 5.78 Å². The number of hydrogen-bond acceptors (Lipinski definition) is 5. The summed E-state index contributed by atoms with van der Waals surface area (Å²) in [5.74, 6) is 1.74. The van der Waals surface area contributed by atoms with Crippen LogP contribution >= 0.6 is 0 Å². The lowest BCUT2D eigenvalue weighted by atomic mass is 9.40. The van der Waals surface area contributed by atoms with E-state index in [0.29, 0.717) is 18.6 Å². The van der Waals surface area contributed by atoms with Gasteiger partial charge in [0.15, 0.2) is 5.76 Å². The zero-order valence-corrected chi connectivity index (χ0v) is 17.1. The predicted octanol–water partition coefficient (Wildman–Crippen LogP) is 3.64. The maximum atomic E-state index is 13.6. The molecule has 5 nitrogen and oxygen atoms in total. The van der Waals surface area contributed by atoms with Crippen LogP contribution in [0.4, 0.5) is 0 Å². The summed E-state index contributed by atoms with van der Waals surface area (Å²) in [6.45, 7) is 8.54. The first kappa shape index (κ1) is 18.6. The molecule has 1 heterocycles. The molecule has 0 N–H and O–H groups in total. The Morgan fingerprint density at radius 1 is 1.15 bits per heavy atom. The van der Waals surface area contributed by atoms with E-state index in [9.17, 15) is 9.59 Å². The van der Waals surface area contributed by atoms with Gasteiger partial charge in [0, 0.05) is 23.2 Å². The molecule has 148 valence electrons. The zero-order valence-electron chi connectivity index (χ0n) is 17.1. The third kappa shape index (κ3) is 2.17.